The van der Waals surface area contributed by atoms with E-state index in [1.807, 2.05) is 30.3 Å². The largest absolute Gasteiger partial charge is 0.338 e. The standard InChI is InChI=1S/C21H21FN3O2/c22-17-9-5-4-8-16(17)20(27)25-12-10-21(11-13-25)23-18(19(26)24-21)14-15-6-2-1-3-7-15/h1-9,18,23H,10-14H2. The van der Waals surface area contributed by atoms with E-state index >= 15 is 0 Å². The Morgan fingerprint density at radius 1 is 1.11 bits per heavy atom. The lowest BCUT2D eigenvalue weighted by atomic mass is 9.96. The Morgan fingerprint density at radius 3 is 2.48 bits per heavy atom. The second kappa shape index (κ2) is 7.12. The number of halogens is 1. The first-order chi connectivity index (χ1) is 13.1. The third kappa shape index (κ3) is 3.57. The van der Waals surface area contributed by atoms with Crippen LogP contribution in [0.3, 0.4) is 0 Å². The van der Waals surface area contributed by atoms with Crippen LogP contribution in [0.25, 0.3) is 0 Å². The molecular formula is C21H21FN3O2. The molecule has 1 atom stereocenters. The van der Waals surface area contributed by atoms with Crippen molar-refractivity contribution in [1.82, 2.24) is 15.5 Å². The first-order valence-electron chi connectivity index (χ1n) is 9.18. The highest BCUT2D eigenvalue weighted by atomic mass is 19.1. The van der Waals surface area contributed by atoms with Gasteiger partial charge < -0.3 is 4.90 Å². The van der Waals surface area contributed by atoms with E-state index < -0.39 is 11.5 Å². The first kappa shape index (κ1) is 17.7. The fraction of sp³-hybridized carbons (Fsp3) is 0.333. The van der Waals surface area contributed by atoms with Crippen LogP contribution in [-0.2, 0) is 11.2 Å². The van der Waals surface area contributed by atoms with Crippen molar-refractivity contribution in [3.63, 3.8) is 0 Å². The zero-order chi connectivity index (χ0) is 18.9. The highest BCUT2D eigenvalue weighted by molar-refractivity contribution is 5.94. The average molecular weight is 366 g/mol. The molecule has 1 N–H and O–H groups in total. The van der Waals surface area contributed by atoms with Crippen molar-refractivity contribution in [3.05, 3.63) is 71.5 Å². The quantitative estimate of drug-likeness (QED) is 0.905. The number of amides is 2. The minimum atomic E-state index is -0.609. The molecule has 27 heavy (non-hydrogen) atoms. The molecule has 0 bridgehead atoms. The van der Waals surface area contributed by atoms with Crippen molar-refractivity contribution in [2.75, 3.05) is 13.1 Å². The molecule has 2 amide bonds. The Kier molecular flexibility index (Phi) is 4.66. The monoisotopic (exact) mass is 366 g/mol. The SMILES string of the molecule is O=C1[N]C2(CCN(C(=O)c3ccccc3F)CC2)NC1Cc1ccccc1. The molecule has 2 saturated heterocycles. The summed E-state index contributed by atoms with van der Waals surface area (Å²) in [6.45, 7) is 0.879. The zero-order valence-electron chi connectivity index (χ0n) is 14.9. The van der Waals surface area contributed by atoms with Gasteiger partial charge in [0, 0.05) is 25.9 Å². The minimum Gasteiger partial charge on any atom is -0.338 e. The minimum absolute atomic E-state index is 0.0859. The Balaban J connectivity index is 1.39. The third-order valence-electron chi connectivity index (χ3n) is 5.33. The molecule has 1 spiro atoms. The van der Waals surface area contributed by atoms with E-state index in [-0.39, 0.29) is 23.4 Å². The summed E-state index contributed by atoms with van der Waals surface area (Å²) in [4.78, 5) is 26.6. The van der Waals surface area contributed by atoms with E-state index in [2.05, 4.69) is 10.6 Å². The number of carbonyl (C=O) groups excluding carboxylic acids is 2. The van der Waals surface area contributed by atoms with Gasteiger partial charge in [-0.2, -0.15) is 0 Å². The second-order valence-electron chi connectivity index (χ2n) is 7.14. The topological polar surface area (TPSA) is 63.5 Å². The van der Waals surface area contributed by atoms with Gasteiger partial charge in [-0.05, 0) is 24.1 Å². The number of nitrogens with zero attached hydrogens (tertiary/aromatic N) is 2. The normalized spacial score (nSPS) is 21.3. The Morgan fingerprint density at radius 2 is 1.78 bits per heavy atom. The number of hydrogen-bond donors (Lipinski definition) is 1. The number of likely N-dealkylation sites (tertiary alicyclic amines) is 1. The maximum absolute atomic E-state index is 13.9. The lowest BCUT2D eigenvalue weighted by molar-refractivity contribution is -0.121. The van der Waals surface area contributed by atoms with Crippen molar-refractivity contribution >= 4 is 11.8 Å². The van der Waals surface area contributed by atoms with Gasteiger partial charge in [-0.15, -0.1) is 0 Å². The van der Waals surface area contributed by atoms with Crippen LogP contribution >= 0.6 is 0 Å². The molecule has 0 aliphatic carbocycles. The van der Waals surface area contributed by atoms with E-state index in [4.69, 9.17) is 0 Å². The molecule has 2 aliphatic heterocycles. The molecule has 139 valence electrons. The van der Waals surface area contributed by atoms with Gasteiger partial charge in [0.15, 0.2) is 0 Å². The van der Waals surface area contributed by atoms with Crippen LogP contribution in [0.15, 0.2) is 54.6 Å². The smallest absolute Gasteiger partial charge is 0.260 e. The molecule has 6 heteroatoms. The fourth-order valence-electron chi connectivity index (χ4n) is 3.84. The van der Waals surface area contributed by atoms with Gasteiger partial charge in [0.1, 0.15) is 11.5 Å². The molecule has 4 rings (SSSR count). The number of carbonyl (C=O) groups is 2. The molecule has 0 aromatic heterocycles. The van der Waals surface area contributed by atoms with Gasteiger partial charge in [-0.3, -0.25) is 14.9 Å². The highest BCUT2D eigenvalue weighted by Crippen LogP contribution is 2.28. The van der Waals surface area contributed by atoms with Gasteiger partial charge in [0.05, 0.1) is 11.6 Å². The molecule has 1 unspecified atom stereocenters. The van der Waals surface area contributed by atoms with Crippen LogP contribution in [0.5, 0.6) is 0 Å². The zero-order valence-corrected chi connectivity index (χ0v) is 14.9. The van der Waals surface area contributed by atoms with Gasteiger partial charge >= 0.3 is 0 Å². The van der Waals surface area contributed by atoms with E-state index in [1.165, 1.54) is 12.1 Å². The number of hydrogen-bond acceptors (Lipinski definition) is 3. The Labute approximate surface area is 157 Å². The lowest BCUT2D eigenvalue weighted by Gasteiger charge is -2.38. The molecule has 2 heterocycles. The molecule has 0 saturated carbocycles. The molecule has 2 aromatic rings. The summed E-state index contributed by atoms with van der Waals surface area (Å²) in [5.74, 6) is -0.953. The summed E-state index contributed by atoms with van der Waals surface area (Å²) < 4.78 is 13.9. The van der Waals surface area contributed by atoms with Crippen molar-refractivity contribution in [1.29, 1.82) is 0 Å². The molecule has 2 aromatic carbocycles. The van der Waals surface area contributed by atoms with E-state index in [9.17, 15) is 14.0 Å². The number of piperidine rings is 1. The fourth-order valence-corrected chi connectivity index (χ4v) is 3.84. The van der Waals surface area contributed by atoms with Crippen molar-refractivity contribution < 1.29 is 14.0 Å². The average Bonchev–Trinajstić information content (AvgIpc) is 2.98. The predicted molar refractivity (Wildman–Crippen MR) is 98.5 cm³/mol. The summed E-state index contributed by atoms with van der Waals surface area (Å²) in [6.07, 6.45) is 1.69. The summed E-state index contributed by atoms with van der Waals surface area (Å²) in [6, 6.07) is 15.5. The van der Waals surface area contributed by atoms with Crippen molar-refractivity contribution in [2.24, 2.45) is 0 Å². The lowest BCUT2D eigenvalue weighted by Crippen LogP contribution is -2.56. The molecule has 5 nitrogen and oxygen atoms in total. The first-order valence-corrected chi connectivity index (χ1v) is 9.18. The van der Waals surface area contributed by atoms with Crippen LogP contribution in [0.2, 0.25) is 0 Å². The van der Waals surface area contributed by atoms with Crippen LogP contribution in [0.4, 0.5) is 4.39 Å². The number of benzene rings is 2. The predicted octanol–water partition coefficient (Wildman–Crippen LogP) is 2.10. The highest BCUT2D eigenvalue weighted by Gasteiger charge is 2.47. The van der Waals surface area contributed by atoms with Crippen LogP contribution < -0.4 is 10.6 Å². The van der Waals surface area contributed by atoms with E-state index in [1.54, 1.807) is 17.0 Å². The van der Waals surface area contributed by atoms with Crippen LogP contribution in [-0.4, -0.2) is 41.5 Å². The van der Waals surface area contributed by atoms with Crippen molar-refractivity contribution in [2.45, 2.75) is 31.0 Å². The van der Waals surface area contributed by atoms with Gasteiger partial charge in [0.2, 0.25) is 0 Å². The van der Waals surface area contributed by atoms with Gasteiger partial charge in [0.25, 0.3) is 11.8 Å². The summed E-state index contributed by atoms with van der Waals surface area (Å²) in [5, 5.41) is 7.77. The van der Waals surface area contributed by atoms with Gasteiger partial charge in [-0.25, -0.2) is 9.71 Å². The molecule has 2 fully saturated rings. The Bertz CT molecular complexity index is 848. The molecule has 2 aliphatic rings. The third-order valence-corrected chi connectivity index (χ3v) is 5.33. The van der Waals surface area contributed by atoms with Crippen LogP contribution in [0.1, 0.15) is 28.8 Å². The van der Waals surface area contributed by atoms with E-state index in [0.717, 1.165) is 5.56 Å². The summed E-state index contributed by atoms with van der Waals surface area (Å²) >= 11 is 0. The number of nitrogens with one attached hydrogen (secondary N) is 1. The van der Waals surface area contributed by atoms with Gasteiger partial charge in [-0.1, -0.05) is 42.5 Å². The maximum Gasteiger partial charge on any atom is 0.260 e. The summed E-state index contributed by atoms with van der Waals surface area (Å²) in [7, 11) is 0. The van der Waals surface area contributed by atoms with Crippen LogP contribution in [0, 0.1) is 5.82 Å². The summed E-state index contributed by atoms with van der Waals surface area (Å²) in [5.41, 5.74) is 0.563. The second-order valence-corrected chi connectivity index (χ2v) is 7.14. The van der Waals surface area contributed by atoms with E-state index in [0.29, 0.717) is 32.4 Å². The Hall–Kier alpha value is -2.73. The maximum atomic E-state index is 13.9. The van der Waals surface area contributed by atoms with Crippen molar-refractivity contribution in [3.8, 4) is 0 Å². The molecule has 1 radical (unpaired) electrons. The molecular weight excluding hydrogens is 345 g/mol. The number of rotatable bonds is 3.